The van der Waals surface area contributed by atoms with Crippen LogP contribution in [0.2, 0.25) is 0 Å². The van der Waals surface area contributed by atoms with Crippen LogP contribution in [0.15, 0.2) is 18.2 Å². The van der Waals surface area contributed by atoms with E-state index in [1.165, 1.54) is 0 Å². The van der Waals surface area contributed by atoms with Crippen LogP contribution < -0.4 is 4.74 Å². The summed E-state index contributed by atoms with van der Waals surface area (Å²) < 4.78 is 10.9. The second kappa shape index (κ2) is 7.32. The highest BCUT2D eigenvalue weighted by Gasteiger charge is 2.16. The van der Waals surface area contributed by atoms with Crippen molar-refractivity contribution in [3.05, 3.63) is 29.3 Å². The topological polar surface area (TPSA) is 35.5 Å². The van der Waals surface area contributed by atoms with Gasteiger partial charge in [0, 0.05) is 0 Å². The van der Waals surface area contributed by atoms with E-state index in [1.807, 2.05) is 19.9 Å². The molecule has 1 rings (SSSR count). The molecule has 0 aliphatic heterocycles. The number of rotatable bonds is 6. The number of benzene rings is 1. The van der Waals surface area contributed by atoms with Crippen LogP contribution in [-0.4, -0.2) is 18.7 Å². The summed E-state index contributed by atoms with van der Waals surface area (Å²) in [6.45, 7) is 12.1. The Kier molecular flexibility index (Phi) is 6.05. The maximum absolute atomic E-state index is 11.6. The van der Waals surface area contributed by atoms with Gasteiger partial charge in [0.15, 0.2) is 6.61 Å². The predicted molar refractivity (Wildman–Crippen MR) is 81.3 cm³/mol. The molecule has 0 saturated carbocycles. The summed E-state index contributed by atoms with van der Waals surface area (Å²) in [5.41, 5.74) is 2.27. The van der Waals surface area contributed by atoms with Crippen molar-refractivity contribution in [1.82, 2.24) is 0 Å². The summed E-state index contributed by atoms with van der Waals surface area (Å²) in [7, 11) is 0. The van der Waals surface area contributed by atoms with Crippen LogP contribution in [0.4, 0.5) is 0 Å². The van der Waals surface area contributed by atoms with Crippen molar-refractivity contribution in [3.8, 4) is 5.75 Å². The SMILES string of the molecule is CC(C)OC(=O)COc1c(C(C)C)cccc1C(C)C. The van der Waals surface area contributed by atoms with E-state index in [2.05, 4.69) is 39.8 Å². The maximum atomic E-state index is 11.6. The minimum atomic E-state index is -0.326. The first-order chi connectivity index (χ1) is 9.32. The number of para-hydroxylation sites is 1. The summed E-state index contributed by atoms with van der Waals surface area (Å²) >= 11 is 0. The van der Waals surface area contributed by atoms with Gasteiger partial charge in [-0.1, -0.05) is 45.9 Å². The molecular weight excluding hydrogens is 252 g/mol. The van der Waals surface area contributed by atoms with Crippen LogP contribution in [-0.2, 0) is 9.53 Å². The Bertz CT molecular complexity index is 421. The van der Waals surface area contributed by atoms with Crippen molar-refractivity contribution in [2.45, 2.75) is 59.5 Å². The molecule has 0 atom stereocenters. The molecule has 0 saturated heterocycles. The van der Waals surface area contributed by atoms with Gasteiger partial charge in [0.1, 0.15) is 5.75 Å². The Balaban J connectivity index is 2.93. The van der Waals surface area contributed by atoms with Crippen LogP contribution in [0, 0.1) is 0 Å². The highest BCUT2D eigenvalue weighted by atomic mass is 16.6. The van der Waals surface area contributed by atoms with E-state index in [0.29, 0.717) is 11.8 Å². The highest BCUT2D eigenvalue weighted by Crippen LogP contribution is 2.34. The quantitative estimate of drug-likeness (QED) is 0.729. The average molecular weight is 278 g/mol. The zero-order valence-electron chi connectivity index (χ0n) is 13.4. The molecular formula is C17H26O3. The molecule has 0 aliphatic rings. The minimum Gasteiger partial charge on any atom is -0.481 e. The first-order valence-electron chi connectivity index (χ1n) is 7.28. The molecule has 3 heteroatoms. The third-order valence-corrected chi connectivity index (χ3v) is 3.02. The zero-order valence-corrected chi connectivity index (χ0v) is 13.4. The first kappa shape index (κ1) is 16.5. The van der Waals surface area contributed by atoms with Gasteiger partial charge in [0.05, 0.1) is 6.10 Å². The van der Waals surface area contributed by atoms with Crippen LogP contribution in [0.25, 0.3) is 0 Å². The van der Waals surface area contributed by atoms with Crippen LogP contribution in [0.3, 0.4) is 0 Å². The van der Waals surface area contributed by atoms with Gasteiger partial charge in [-0.15, -0.1) is 0 Å². The first-order valence-corrected chi connectivity index (χ1v) is 7.28. The standard InChI is InChI=1S/C17H26O3/c1-11(2)14-8-7-9-15(12(3)4)17(14)19-10-16(18)20-13(5)6/h7-9,11-13H,10H2,1-6H3. The molecule has 0 N–H and O–H groups in total. The van der Waals surface area contributed by atoms with Crippen molar-refractivity contribution in [2.75, 3.05) is 6.61 Å². The normalized spacial score (nSPS) is 11.2. The Morgan fingerprint density at radius 1 is 1.00 bits per heavy atom. The molecule has 0 amide bonds. The molecule has 0 heterocycles. The van der Waals surface area contributed by atoms with Crippen molar-refractivity contribution >= 4 is 5.97 Å². The zero-order chi connectivity index (χ0) is 15.3. The molecule has 0 aliphatic carbocycles. The smallest absolute Gasteiger partial charge is 0.344 e. The molecule has 0 radical (unpaired) electrons. The lowest BCUT2D eigenvalue weighted by Gasteiger charge is -2.19. The van der Waals surface area contributed by atoms with E-state index in [0.717, 1.165) is 16.9 Å². The molecule has 0 aromatic heterocycles. The Morgan fingerprint density at radius 2 is 1.50 bits per heavy atom. The van der Waals surface area contributed by atoms with Crippen molar-refractivity contribution < 1.29 is 14.3 Å². The minimum absolute atomic E-state index is 0.0400. The molecule has 1 aromatic rings. The van der Waals surface area contributed by atoms with Gasteiger partial charge in [0.25, 0.3) is 0 Å². The van der Waals surface area contributed by atoms with Gasteiger partial charge < -0.3 is 9.47 Å². The fourth-order valence-electron chi connectivity index (χ4n) is 2.08. The van der Waals surface area contributed by atoms with Crippen LogP contribution in [0.5, 0.6) is 5.75 Å². The summed E-state index contributed by atoms with van der Waals surface area (Å²) in [5, 5.41) is 0. The predicted octanol–water partition coefficient (Wildman–Crippen LogP) is 4.26. The highest BCUT2D eigenvalue weighted by molar-refractivity contribution is 5.71. The van der Waals surface area contributed by atoms with Gasteiger partial charge in [0.2, 0.25) is 0 Å². The Labute approximate surface area is 122 Å². The molecule has 20 heavy (non-hydrogen) atoms. The van der Waals surface area contributed by atoms with E-state index < -0.39 is 0 Å². The van der Waals surface area contributed by atoms with Crippen LogP contribution >= 0.6 is 0 Å². The Hall–Kier alpha value is -1.51. The second-order valence-corrected chi connectivity index (χ2v) is 5.90. The summed E-state index contributed by atoms with van der Waals surface area (Å²) in [6, 6.07) is 6.16. The van der Waals surface area contributed by atoms with E-state index in [1.54, 1.807) is 0 Å². The monoisotopic (exact) mass is 278 g/mol. The number of carbonyl (C=O) groups excluding carboxylic acids is 1. The molecule has 0 fully saturated rings. The number of hydrogen-bond acceptors (Lipinski definition) is 3. The lowest BCUT2D eigenvalue weighted by atomic mass is 9.94. The number of esters is 1. The van der Waals surface area contributed by atoms with E-state index in [4.69, 9.17) is 9.47 Å². The van der Waals surface area contributed by atoms with Gasteiger partial charge in [-0.3, -0.25) is 0 Å². The molecule has 3 nitrogen and oxygen atoms in total. The number of hydrogen-bond donors (Lipinski definition) is 0. The van der Waals surface area contributed by atoms with Crippen molar-refractivity contribution in [3.63, 3.8) is 0 Å². The molecule has 0 spiro atoms. The van der Waals surface area contributed by atoms with Gasteiger partial charge >= 0.3 is 5.97 Å². The molecule has 112 valence electrons. The van der Waals surface area contributed by atoms with E-state index in [9.17, 15) is 4.79 Å². The maximum Gasteiger partial charge on any atom is 0.344 e. The molecule has 0 bridgehead atoms. The fraction of sp³-hybridized carbons (Fsp3) is 0.588. The van der Waals surface area contributed by atoms with Gasteiger partial charge in [-0.25, -0.2) is 4.79 Å². The van der Waals surface area contributed by atoms with E-state index in [-0.39, 0.29) is 18.7 Å². The average Bonchev–Trinajstić information content (AvgIpc) is 2.34. The number of carbonyl (C=O) groups is 1. The third kappa shape index (κ3) is 4.55. The van der Waals surface area contributed by atoms with Crippen LogP contribution in [0.1, 0.15) is 64.5 Å². The second-order valence-electron chi connectivity index (χ2n) is 5.90. The Morgan fingerprint density at radius 3 is 1.90 bits per heavy atom. The largest absolute Gasteiger partial charge is 0.481 e. The summed E-state index contributed by atoms with van der Waals surface area (Å²) in [6.07, 6.45) is -0.115. The van der Waals surface area contributed by atoms with Gasteiger partial charge in [-0.05, 0) is 36.8 Å². The summed E-state index contributed by atoms with van der Waals surface area (Å²) in [5.74, 6) is 1.21. The van der Waals surface area contributed by atoms with Crippen molar-refractivity contribution in [2.24, 2.45) is 0 Å². The summed E-state index contributed by atoms with van der Waals surface area (Å²) in [4.78, 5) is 11.6. The molecule has 1 aromatic carbocycles. The fourth-order valence-corrected chi connectivity index (χ4v) is 2.08. The lowest BCUT2D eigenvalue weighted by molar-refractivity contribution is -0.149. The van der Waals surface area contributed by atoms with E-state index >= 15 is 0 Å². The lowest BCUT2D eigenvalue weighted by Crippen LogP contribution is -2.19. The molecule has 0 unspecified atom stereocenters. The third-order valence-electron chi connectivity index (χ3n) is 3.02. The van der Waals surface area contributed by atoms with Crippen molar-refractivity contribution in [1.29, 1.82) is 0 Å². The number of ether oxygens (including phenoxy) is 2. The van der Waals surface area contributed by atoms with Gasteiger partial charge in [-0.2, -0.15) is 0 Å².